The minimum absolute atomic E-state index is 0.0873. The first-order valence-electron chi connectivity index (χ1n) is 13.9. The average molecular weight is 441 g/mol. The third-order valence-corrected chi connectivity index (χ3v) is 10.4. The Bertz CT molecular complexity index is 522. The first-order chi connectivity index (χ1) is 15.0. The molecule has 4 fully saturated rings. The molecular formula is C28H47F3. The van der Waals surface area contributed by atoms with E-state index >= 15 is 4.39 Å². The largest absolute Gasteiger partial charge is 0.247 e. The Balaban J connectivity index is 1.21. The first-order valence-corrected chi connectivity index (χ1v) is 13.9. The second-order valence-electron chi connectivity index (χ2n) is 12.1. The van der Waals surface area contributed by atoms with E-state index in [4.69, 9.17) is 0 Å². The quantitative estimate of drug-likeness (QED) is 0.400. The lowest BCUT2D eigenvalue weighted by molar-refractivity contribution is -0.0138. The van der Waals surface area contributed by atoms with E-state index in [1.54, 1.807) is 6.92 Å². The minimum atomic E-state index is -1.09. The lowest BCUT2D eigenvalue weighted by Crippen LogP contribution is -2.42. The van der Waals surface area contributed by atoms with Crippen LogP contribution in [0, 0.1) is 47.3 Å². The Hall–Kier alpha value is -0.210. The molecule has 0 aromatic rings. The molecule has 0 spiro atoms. The van der Waals surface area contributed by atoms with Crippen molar-refractivity contribution in [3.8, 4) is 0 Å². The van der Waals surface area contributed by atoms with Crippen LogP contribution in [0.1, 0.15) is 110 Å². The van der Waals surface area contributed by atoms with Gasteiger partial charge >= 0.3 is 0 Å². The summed E-state index contributed by atoms with van der Waals surface area (Å²) < 4.78 is 43.6. The zero-order valence-corrected chi connectivity index (χ0v) is 20.1. The Labute approximate surface area is 189 Å². The molecule has 0 aromatic carbocycles. The van der Waals surface area contributed by atoms with Gasteiger partial charge in [-0.1, -0.05) is 39.5 Å². The van der Waals surface area contributed by atoms with Gasteiger partial charge in [0, 0.05) is 5.92 Å². The molecule has 0 nitrogen and oxygen atoms in total. The lowest BCUT2D eigenvalue weighted by Gasteiger charge is -2.45. The smallest absolute Gasteiger partial charge is 0.106 e. The van der Waals surface area contributed by atoms with Gasteiger partial charge in [-0.15, -0.1) is 0 Å². The molecule has 0 bridgehead atoms. The van der Waals surface area contributed by atoms with Crippen molar-refractivity contribution in [1.29, 1.82) is 0 Å². The maximum absolute atomic E-state index is 15.2. The number of hydrogen-bond acceptors (Lipinski definition) is 0. The molecule has 5 atom stereocenters. The fourth-order valence-corrected chi connectivity index (χ4v) is 8.25. The van der Waals surface area contributed by atoms with Crippen LogP contribution in [0.3, 0.4) is 0 Å². The van der Waals surface area contributed by atoms with Gasteiger partial charge < -0.3 is 0 Å². The first kappa shape index (κ1) is 23.9. The van der Waals surface area contributed by atoms with Gasteiger partial charge in [-0.3, -0.25) is 0 Å². The topological polar surface area (TPSA) is 0 Å². The molecule has 31 heavy (non-hydrogen) atoms. The van der Waals surface area contributed by atoms with E-state index in [1.165, 1.54) is 64.2 Å². The van der Waals surface area contributed by atoms with Crippen molar-refractivity contribution in [2.45, 2.75) is 129 Å². The van der Waals surface area contributed by atoms with Crippen molar-refractivity contribution in [2.75, 3.05) is 0 Å². The molecule has 3 heteroatoms. The van der Waals surface area contributed by atoms with Crippen LogP contribution in [0.15, 0.2) is 0 Å². The number of hydrogen-bond donors (Lipinski definition) is 0. The molecule has 0 saturated heterocycles. The summed E-state index contributed by atoms with van der Waals surface area (Å²) in [7, 11) is 0. The van der Waals surface area contributed by atoms with Crippen LogP contribution >= 0.6 is 0 Å². The van der Waals surface area contributed by atoms with Crippen molar-refractivity contribution in [3.63, 3.8) is 0 Å². The van der Waals surface area contributed by atoms with Crippen LogP contribution in [-0.2, 0) is 0 Å². The highest BCUT2D eigenvalue weighted by molar-refractivity contribution is 4.94. The van der Waals surface area contributed by atoms with Crippen molar-refractivity contribution >= 4 is 0 Å². The predicted octanol–water partition coefficient (Wildman–Crippen LogP) is 8.88. The highest BCUT2D eigenvalue weighted by Crippen LogP contribution is 2.49. The average Bonchev–Trinajstić information content (AvgIpc) is 2.78. The molecule has 0 amide bonds. The lowest BCUT2D eigenvalue weighted by atomic mass is 9.62. The summed E-state index contributed by atoms with van der Waals surface area (Å²) in [5, 5.41) is 0. The van der Waals surface area contributed by atoms with Crippen molar-refractivity contribution in [2.24, 2.45) is 47.3 Å². The molecule has 0 aromatic heterocycles. The third-order valence-electron chi connectivity index (χ3n) is 10.4. The highest BCUT2D eigenvalue weighted by Gasteiger charge is 2.44. The van der Waals surface area contributed by atoms with E-state index in [2.05, 4.69) is 6.92 Å². The van der Waals surface area contributed by atoms with Crippen LogP contribution < -0.4 is 0 Å². The van der Waals surface area contributed by atoms with E-state index in [-0.39, 0.29) is 11.8 Å². The Morgan fingerprint density at radius 2 is 1.00 bits per heavy atom. The van der Waals surface area contributed by atoms with Gasteiger partial charge in [0.05, 0.1) is 0 Å². The number of rotatable bonds is 5. The van der Waals surface area contributed by atoms with Crippen LogP contribution in [0.2, 0.25) is 0 Å². The van der Waals surface area contributed by atoms with Gasteiger partial charge in [0.2, 0.25) is 0 Å². The SMILES string of the molecule is CCCC1CCC(C2CCC(C3CCC(C4CC(F)C(C)C(F)C4)C(F)C3)CC2)CC1. The van der Waals surface area contributed by atoms with Gasteiger partial charge in [0.1, 0.15) is 18.5 Å². The van der Waals surface area contributed by atoms with E-state index in [9.17, 15) is 8.78 Å². The summed E-state index contributed by atoms with van der Waals surface area (Å²) >= 11 is 0. The van der Waals surface area contributed by atoms with Gasteiger partial charge in [-0.25, -0.2) is 13.2 Å². The zero-order chi connectivity index (χ0) is 22.0. The maximum atomic E-state index is 15.2. The van der Waals surface area contributed by atoms with Gasteiger partial charge in [0.25, 0.3) is 0 Å². The highest BCUT2D eigenvalue weighted by atomic mass is 19.1. The molecule has 0 aliphatic heterocycles. The second-order valence-corrected chi connectivity index (χ2v) is 12.1. The van der Waals surface area contributed by atoms with Crippen molar-refractivity contribution < 1.29 is 13.2 Å². The predicted molar refractivity (Wildman–Crippen MR) is 123 cm³/mol. The zero-order valence-electron chi connectivity index (χ0n) is 20.1. The van der Waals surface area contributed by atoms with Crippen molar-refractivity contribution in [1.82, 2.24) is 0 Å². The molecule has 4 saturated carbocycles. The van der Waals surface area contributed by atoms with Gasteiger partial charge in [-0.05, 0) is 112 Å². The monoisotopic (exact) mass is 440 g/mol. The fourth-order valence-electron chi connectivity index (χ4n) is 8.25. The Morgan fingerprint density at radius 3 is 1.52 bits per heavy atom. The standard InChI is InChI=1S/C28H47F3/c1-3-4-19-5-7-20(8-6-19)21-9-11-22(12-10-21)23-13-14-25(28(31)15-23)24-16-26(29)18(2)27(30)17-24/h18-28H,3-17H2,1-2H3. The molecule has 0 N–H and O–H groups in total. The summed E-state index contributed by atoms with van der Waals surface area (Å²) in [5.74, 6) is 3.37. The Morgan fingerprint density at radius 1 is 0.548 bits per heavy atom. The number of halogens is 3. The van der Waals surface area contributed by atoms with E-state index < -0.39 is 24.4 Å². The third kappa shape index (κ3) is 5.65. The summed E-state index contributed by atoms with van der Waals surface area (Å²) in [6, 6.07) is 0. The summed E-state index contributed by atoms with van der Waals surface area (Å²) in [4.78, 5) is 0. The molecule has 5 unspecified atom stereocenters. The minimum Gasteiger partial charge on any atom is -0.247 e. The van der Waals surface area contributed by atoms with Gasteiger partial charge in [0.15, 0.2) is 0 Å². The molecule has 0 radical (unpaired) electrons. The fraction of sp³-hybridized carbons (Fsp3) is 1.00. The molecule has 0 heterocycles. The van der Waals surface area contributed by atoms with Crippen LogP contribution in [0.25, 0.3) is 0 Å². The van der Waals surface area contributed by atoms with Crippen LogP contribution in [-0.4, -0.2) is 18.5 Å². The van der Waals surface area contributed by atoms with E-state index in [0.29, 0.717) is 31.1 Å². The molecular weight excluding hydrogens is 393 g/mol. The molecule has 4 aliphatic carbocycles. The van der Waals surface area contributed by atoms with Crippen LogP contribution in [0.4, 0.5) is 13.2 Å². The van der Waals surface area contributed by atoms with E-state index in [0.717, 1.165) is 30.6 Å². The number of alkyl halides is 3. The molecule has 4 aliphatic rings. The normalized spacial score (nSPS) is 49.6. The summed E-state index contributed by atoms with van der Waals surface area (Å²) in [6.07, 6.45) is 14.2. The molecule has 4 rings (SSSR count). The van der Waals surface area contributed by atoms with Crippen molar-refractivity contribution in [3.05, 3.63) is 0 Å². The Kier molecular flexibility index (Phi) is 8.35. The van der Waals surface area contributed by atoms with E-state index in [1.807, 2.05) is 0 Å². The molecule has 180 valence electrons. The van der Waals surface area contributed by atoms with Gasteiger partial charge in [-0.2, -0.15) is 0 Å². The summed E-state index contributed by atoms with van der Waals surface area (Å²) in [5.41, 5.74) is 0. The van der Waals surface area contributed by atoms with Crippen LogP contribution in [0.5, 0.6) is 0 Å². The summed E-state index contributed by atoms with van der Waals surface area (Å²) in [6.45, 7) is 3.98. The maximum Gasteiger partial charge on any atom is 0.106 e. The second kappa shape index (κ2) is 10.8.